The standard InChI is InChI=1S/C11H12N2S/c1-13(11-7-12-9-14-11)8-10-5-3-2-4-6-10/h2-7,9H,8H2,1H3. The molecule has 0 bridgehead atoms. The summed E-state index contributed by atoms with van der Waals surface area (Å²) in [5.41, 5.74) is 3.18. The molecule has 0 unspecified atom stereocenters. The van der Waals surface area contributed by atoms with Crippen molar-refractivity contribution in [1.29, 1.82) is 0 Å². The van der Waals surface area contributed by atoms with Gasteiger partial charge in [-0.3, -0.25) is 4.98 Å². The molecular weight excluding hydrogens is 192 g/mol. The lowest BCUT2D eigenvalue weighted by molar-refractivity contribution is 0.932. The molecule has 0 aliphatic rings. The second kappa shape index (κ2) is 4.24. The summed E-state index contributed by atoms with van der Waals surface area (Å²) < 4.78 is 0. The Labute approximate surface area is 87.8 Å². The van der Waals surface area contributed by atoms with Gasteiger partial charge >= 0.3 is 0 Å². The van der Waals surface area contributed by atoms with Crippen LogP contribution in [0.15, 0.2) is 42.0 Å². The summed E-state index contributed by atoms with van der Waals surface area (Å²) in [6.45, 7) is 0.934. The fourth-order valence-corrected chi connectivity index (χ4v) is 1.93. The van der Waals surface area contributed by atoms with Gasteiger partial charge in [-0.25, -0.2) is 0 Å². The Balaban J connectivity index is 2.06. The van der Waals surface area contributed by atoms with Gasteiger partial charge in [0.25, 0.3) is 0 Å². The van der Waals surface area contributed by atoms with Crippen LogP contribution in [-0.4, -0.2) is 12.0 Å². The first-order valence-electron chi connectivity index (χ1n) is 4.50. The Morgan fingerprint density at radius 2 is 2.07 bits per heavy atom. The van der Waals surface area contributed by atoms with Crippen LogP contribution in [0.3, 0.4) is 0 Å². The molecule has 0 aliphatic carbocycles. The van der Waals surface area contributed by atoms with Crippen molar-refractivity contribution < 1.29 is 0 Å². The number of aromatic nitrogens is 1. The van der Waals surface area contributed by atoms with E-state index in [0.717, 1.165) is 6.54 Å². The molecular formula is C11H12N2S. The molecule has 0 aliphatic heterocycles. The van der Waals surface area contributed by atoms with E-state index in [1.54, 1.807) is 11.3 Å². The first-order chi connectivity index (χ1) is 6.86. The van der Waals surface area contributed by atoms with E-state index in [4.69, 9.17) is 0 Å². The largest absolute Gasteiger partial charge is 0.361 e. The Bertz CT molecular complexity index is 369. The number of thiazole rings is 1. The third-order valence-corrected chi connectivity index (χ3v) is 2.94. The van der Waals surface area contributed by atoms with Crippen molar-refractivity contribution in [3.05, 3.63) is 47.6 Å². The number of nitrogens with zero attached hydrogens (tertiary/aromatic N) is 2. The van der Waals surface area contributed by atoms with Crippen molar-refractivity contribution in [2.24, 2.45) is 0 Å². The van der Waals surface area contributed by atoms with Gasteiger partial charge in [-0.15, -0.1) is 11.3 Å². The maximum Gasteiger partial charge on any atom is 0.111 e. The molecule has 2 aromatic rings. The fraction of sp³-hybridized carbons (Fsp3) is 0.182. The van der Waals surface area contributed by atoms with E-state index in [0.29, 0.717) is 0 Å². The summed E-state index contributed by atoms with van der Waals surface area (Å²) in [7, 11) is 2.08. The van der Waals surface area contributed by atoms with Gasteiger partial charge in [0.05, 0.1) is 11.7 Å². The third kappa shape index (κ3) is 2.12. The second-order valence-electron chi connectivity index (χ2n) is 3.18. The number of benzene rings is 1. The molecule has 0 radical (unpaired) electrons. The highest BCUT2D eigenvalue weighted by molar-refractivity contribution is 7.13. The molecule has 1 aromatic heterocycles. The second-order valence-corrected chi connectivity index (χ2v) is 4.05. The van der Waals surface area contributed by atoms with Crippen LogP contribution in [0.25, 0.3) is 0 Å². The van der Waals surface area contributed by atoms with Crippen LogP contribution in [0.4, 0.5) is 5.00 Å². The van der Waals surface area contributed by atoms with E-state index in [1.807, 2.05) is 17.8 Å². The highest BCUT2D eigenvalue weighted by Gasteiger charge is 2.02. The van der Waals surface area contributed by atoms with Gasteiger partial charge in [-0.1, -0.05) is 30.3 Å². The van der Waals surface area contributed by atoms with Gasteiger partial charge in [-0.05, 0) is 5.56 Å². The molecule has 2 rings (SSSR count). The van der Waals surface area contributed by atoms with Gasteiger partial charge < -0.3 is 4.90 Å². The van der Waals surface area contributed by atoms with Crippen molar-refractivity contribution in [3.63, 3.8) is 0 Å². The van der Waals surface area contributed by atoms with Gasteiger partial charge in [0, 0.05) is 13.6 Å². The molecule has 1 heterocycles. The van der Waals surface area contributed by atoms with Crippen molar-refractivity contribution in [2.45, 2.75) is 6.54 Å². The van der Waals surface area contributed by atoms with E-state index in [1.165, 1.54) is 10.6 Å². The smallest absolute Gasteiger partial charge is 0.111 e. The lowest BCUT2D eigenvalue weighted by Gasteiger charge is -2.16. The fourth-order valence-electron chi connectivity index (χ4n) is 1.33. The minimum Gasteiger partial charge on any atom is -0.361 e. The van der Waals surface area contributed by atoms with E-state index in [-0.39, 0.29) is 0 Å². The third-order valence-electron chi connectivity index (χ3n) is 2.06. The molecule has 0 saturated carbocycles. The highest BCUT2D eigenvalue weighted by atomic mass is 32.1. The van der Waals surface area contributed by atoms with Crippen LogP contribution >= 0.6 is 11.3 Å². The molecule has 0 fully saturated rings. The van der Waals surface area contributed by atoms with Crippen LogP contribution < -0.4 is 4.90 Å². The van der Waals surface area contributed by atoms with E-state index in [9.17, 15) is 0 Å². The summed E-state index contributed by atoms with van der Waals surface area (Å²) in [6.07, 6.45) is 1.90. The number of hydrogen-bond acceptors (Lipinski definition) is 3. The maximum atomic E-state index is 4.06. The first kappa shape index (κ1) is 9.21. The normalized spacial score (nSPS) is 10.1. The summed E-state index contributed by atoms with van der Waals surface area (Å²) in [4.78, 5) is 6.26. The Hall–Kier alpha value is -1.35. The molecule has 14 heavy (non-hydrogen) atoms. The molecule has 0 amide bonds. The van der Waals surface area contributed by atoms with Gasteiger partial charge in [-0.2, -0.15) is 0 Å². The van der Waals surface area contributed by atoms with Gasteiger partial charge in [0.1, 0.15) is 5.00 Å². The van der Waals surface area contributed by atoms with Gasteiger partial charge in [0.2, 0.25) is 0 Å². The highest BCUT2D eigenvalue weighted by Crippen LogP contribution is 2.19. The Kier molecular flexibility index (Phi) is 2.79. The van der Waals surface area contributed by atoms with Crippen molar-refractivity contribution in [3.8, 4) is 0 Å². The summed E-state index contributed by atoms with van der Waals surface area (Å²) >= 11 is 1.67. The lowest BCUT2D eigenvalue weighted by atomic mass is 10.2. The van der Waals surface area contributed by atoms with Crippen molar-refractivity contribution >= 4 is 16.3 Å². The number of rotatable bonds is 3. The molecule has 3 heteroatoms. The van der Waals surface area contributed by atoms with Gasteiger partial charge in [0.15, 0.2) is 0 Å². The Morgan fingerprint density at radius 1 is 1.29 bits per heavy atom. The summed E-state index contributed by atoms with van der Waals surface area (Å²) in [5.74, 6) is 0. The molecule has 1 aromatic carbocycles. The molecule has 72 valence electrons. The zero-order valence-corrected chi connectivity index (χ0v) is 8.87. The van der Waals surface area contributed by atoms with Crippen LogP contribution in [-0.2, 0) is 6.54 Å². The van der Waals surface area contributed by atoms with E-state index >= 15 is 0 Å². The zero-order valence-electron chi connectivity index (χ0n) is 8.05. The summed E-state index contributed by atoms with van der Waals surface area (Å²) in [5, 5.41) is 1.20. The molecule has 0 atom stereocenters. The Morgan fingerprint density at radius 3 is 2.71 bits per heavy atom. The van der Waals surface area contributed by atoms with Crippen LogP contribution in [0.1, 0.15) is 5.56 Å². The topological polar surface area (TPSA) is 16.1 Å². The summed E-state index contributed by atoms with van der Waals surface area (Å²) in [6, 6.07) is 10.4. The van der Waals surface area contributed by atoms with Crippen LogP contribution in [0, 0.1) is 0 Å². The molecule has 0 spiro atoms. The predicted octanol–water partition coefficient (Wildman–Crippen LogP) is 2.78. The van der Waals surface area contributed by atoms with Crippen LogP contribution in [0.2, 0.25) is 0 Å². The van der Waals surface area contributed by atoms with Crippen molar-refractivity contribution in [1.82, 2.24) is 4.98 Å². The maximum absolute atomic E-state index is 4.06. The first-order valence-corrected chi connectivity index (χ1v) is 5.38. The zero-order chi connectivity index (χ0) is 9.80. The molecule has 2 nitrogen and oxygen atoms in total. The lowest BCUT2D eigenvalue weighted by Crippen LogP contribution is -2.14. The number of hydrogen-bond donors (Lipinski definition) is 0. The van der Waals surface area contributed by atoms with Crippen molar-refractivity contribution in [2.75, 3.05) is 11.9 Å². The predicted molar refractivity (Wildman–Crippen MR) is 60.7 cm³/mol. The van der Waals surface area contributed by atoms with E-state index < -0.39 is 0 Å². The van der Waals surface area contributed by atoms with Crippen LogP contribution in [0.5, 0.6) is 0 Å². The number of anilines is 1. The van der Waals surface area contributed by atoms with E-state index in [2.05, 4.69) is 41.2 Å². The SMILES string of the molecule is CN(Cc1ccccc1)c1cncs1. The monoisotopic (exact) mass is 204 g/mol. The molecule has 0 saturated heterocycles. The average molecular weight is 204 g/mol. The average Bonchev–Trinajstić information content (AvgIpc) is 2.72. The minimum absolute atomic E-state index is 0.934. The quantitative estimate of drug-likeness (QED) is 0.764. The molecule has 0 N–H and O–H groups in total. The minimum atomic E-state index is 0.934.